The molecular formula is C12H12BrNO4. The Morgan fingerprint density at radius 3 is 2.78 bits per heavy atom. The van der Waals surface area contributed by atoms with E-state index >= 15 is 0 Å². The third-order valence-corrected chi connectivity index (χ3v) is 3.56. The molecule has 18 heavy (non-hydrogen) atoms. The molecule has 0 aliphatic carbocycles. The largest absolute Gasteiger partial charge is 0.493 e. The number of methoxy groups -OCH3 is 1. The molecule has 0 bridgehead atoms. The Labute approximate surface area is 112 Å². The highest BCUT2D eigenvalue weighted by Crippen LogP contribution is 2.38. The number of fused-ring (bicyclic) bond motifs is 1. The van der Waals surface area contributed by atoms with Gasteiger partial charge < -0.3 is 20.0 Å². The lowest BCUT2D eigenvalue weighted by Gasteiger charge is -2.12. The van der Waals surface area contributed by atoms with Crippen LogP contribution in [0, 0.1) is 6.92 Å². The molecule has 0 saturated heterocycles. The number of furan rings is 1. The van der Waals surface area contributed by atoms with E-state index in [1.807, 2.05) is 6.92 Å². The molecule has 0 spiro atoms. The summed E-state index contributed by atoms with van der Waals surface area (Å²) in [6.07, 6.45) is 0. The van der Waals surface area contributed by atoms with Crippen LogP contribution in [0.15, 0.2) is 21.0 Å². The number of benzene rings is 1. The number of aryl methyl sites for hydroxylation is 1. The van der Waals surface area contributed by atoms with Crippen LogP contribution >= 0.6 is 15.9 Å². The van der Waals surface area contributed by atoms with E-state index in [9.17, 15) is 4.79 Å². The number of aliphatic carboxylic acids is 1. The maximum atomic E-state index is 11.0. The van der Waals surface area contributed by atoms with Crippen molar-refractivity contribution in [2.45, 2.75) is 13.0 Å². The van der Waals surface area contributed by atoms with Crippen molar-refractivity contribution < 1.29 is 19.1 Å². The number of carboxylic acid groups (broad SMARTS) is 1. The lowest BCUT2D eigenvalue weighted by atomic mass is 10.1. The van der Waals surface area contributed by atoms with Crippen LogP contribution in [0.1, 0.15) is 17.4 Å². The van der Waals surface area contributed by atoms with Crippen LogP contribution in [-0.2, 0) is 4.79 Å². The summed E-state index contributed by atoms with van der Waals surface area (Å²) in [5.74, 6) is 0.0790. The summed E-state index contributed by atoms with van der Waals surface area (Å²) in [6.45, 7) is 1.81. The minimum absolute atomic E-state index is 0.452. The highest BCUT2D eigenvalue weighted by Gasteiger charge is 2.22. The maximum absolute atomic E-state index is 11.0. The second-order valence-corrected chi connectivity index (χ2v) is 4.69. The van der Waals surface area contributed by atoms with Crippen LogP contribution in [0.25, 0.3) is 11.0 Å². The second kappa shape index (κ2) is 4.62. The van der Waals surface area contributed by atoms with Crippen LogP contribution in [0.3, 0.4) is 0 Å². The lowest BCUT2D eigenvalue weighted by Crippen LogP contribution is -2.21. The molecule has 1 heterocycles. The molecule has 2 rings (SSSR count). The zero-order valence-corrected chi connectivity index (χ0v) is 11.4. The van der Waals surface area contributed by atoms with E-state index in [2.05, 4.69) is 15.9 Å². The molecule has 1 aromatic carbocycles. The molecule has 5 nitrogen and oxygen atoms in total. The van der Waals surface area contributed by atoms with Crippen molar-refractivity contribution >= 4 is 32.9 Å². The first-order valence-electron chi connectivity index (χ1n) is 5.20. The van der Waals surface area contributed by atoms with Crippen LogP contribution in [0.4, 0.5) is 0 Å². The number of hydrogen-bond donors (Lipinski definition) is 2. The Kier molecular flexibility index (Phi) is 3.32. The van der Waals surface area contributed by atoms with Crippen molar-refractivity contribution in [3.8, 4) is 5.75 Å². The molecule has 6 heteroatoms. The highest BCUT2D eigenvalue weighted by molar-refractivity contribution is 9.10. The Morgan fingerprint density at radius 2 is 2.22 bits per heavy atom. The van der Waals surface area contributed by atoms with Gasteiger partial charge in [0, 0.05) is 9.86 Å². The fraction of sp³-hybridized carbons (Fsp3) is 0.250. The Bertz CT molecular complexity index is 620. The van der Waals surface area contributed by atoms with Gasteiger partial charge in [0.1, 0.15) is 11.8 Å². The first kappa shape index (κ1) is 12.9. The van der Waals surface area contributed by atoms with Gasteiger partial charge in [0.15, 0.2) is 11.3 Å². The molecule has 96 valence electrons. The first-order chi connectivity index (χ1) is 8.45. The normalized spacial score (nSPS) is 12.7. The molecule has 1 aromatic heterocycles. The number of rotatable bonds is 3. The van der Waals surface area contributed by atoms with Gasteiger partial charge in [-0.25, -0.2) is 0 Å². The molecule has 0 aliphatic rings. The molecule has 3 N–H and O–H groups in total. The fourth-order valence-corrected chi connectivity index (χ4v) is 2.45. The van der Waals surface area contributed by atoms with Gasteiger partial charge in [-0.05, 0) is 40.5 Å². The second-order valence-electron chi connectivity index (χ2n) is 3.90. The standard InChI is InChI=1S/C12H12BrNO4/c1-5-3-7-9(13)6(10(14)12(15)16)4-8(17-2)11(7)18-5/h3-4,10H,14H2,1-2H3,(H,15,16). The zero-order chi connectivity index (χ0) is 13.4. The predicted octanol–water partition coefficient (Wildman–Crippen LogP) is 2.60. The third kappa shape index (κ3) is 1.97. The SMILES string of the molecule is COc1cc(C(N)C(=O)O)c(Br)c2cc(C)oc12. The number of halogens is 1. The van der Waals surface area contributed by atoms with E-state index < -0.39 is 12.0 Å². The maximum Gasteiger partial charge on any atom is 0.325 e. The summed E-state index contributed by atoms with van der Waals surface area (Å²) in [6, 6.07) is 2.27. The minimum Gasteiger partial charge on any atom is -0.493 e. The highest BCUT2D eigenvalue weighted by atomic mass is 79.9. The number of nitrogens with two attached hydrogens (primary N) is 1. The Morgan fingerprint density at radius 1 is 1.56 bits per heavy atom. The monoisotopic (exact) mass is 313 g/mol. The smallest absolute Gasteiger partial charge is 0.325 e. The van der Waals surface area contributed by atoms with Gasteiger partial charge in [0.25, 0.3) is 0 Å². The number of carbonyl (C=O) groups is 1. The topological polar surface area (TPSA) is 85.7 Å². The van der Waals surface area contributed by atoms with Gasteiger partial charge in [0.2, 0.25) is 0 Å². The number of carboxylic acids is 1. The van der Waals surface area contributed by atoms with Gasteiger partial charge in [-0.2, -0.15) is 0 Å². The summed E-state index contributed by atoms with van der Waals surface area (Å²) in [7, 11) is 1.50. The van der Waals surface area contributed by atoms with Gasteiger partial charge >= 0.3 is 5.97 Å². The third-order valence-electron chi connectivity index (χ3n) is 2.68. The van der Waals surface area contributed by atoms with E-state index in [1.54, 1.807) is 12.1 Å². The fourth-order valence-electron chi connectivity index (χ4n) is 1.80. The molecular weight excluding hydrogens is 302 g/mol. The number of ether oxygens (including phenoxy) is 1. The van der Waals surface area contributed by atoms with E-state index in [-0.39, 0.29) is 0 Å². The molecule has 0 amide bonds. The van der Waals surface area contributed by atoms with Crippen LogP contribution in [-0.4, -0.2) is 18.2 Å². The molecule has 0 aliphatic heterocycles. The van der Waals surface area contributed by atoms with Crippen molar-refractivity contribution in [1.29, 1.82) is 0 Å². The summed E-state index contributed by atoms with van der Waals surface area (Å²) in [5, 5.41) is 9.74. The average Bonchev–Trinajstić information content (AvgIpc) is 2.71. The minimum atomic E-state index is -1.12. The van der Waals surface area contributed by atoms with Crippen molar-refractivity contribution in [2.24, 2.45) is 5.73 Å². The molecule has 0 saturated carbocycles. The zero-order valence-electron chi connectivity index (χ0n) is 9.86. The van der Waals surface area contributed by atoms with Crippen molar-refractivity contribution in [3.63, 3.8) is 0 Å². The first-order valence-corrected chi connectivity index (χ1v) is 6.00. The molecule has 0 radical (unpaired) electrons. The quantitative estimate of drug-likeness (QED) is 0.909. The summed E-state index contributed by atoms with van der Waals surface area (Å²) in [5.41, 5.74) is 6.67. The van der Waals surface area contributed by atoms with Crippen LogP contribution < -0.4 is 10.5 Å². The summed E-state index contributed by atoms with van der Waals surface area (Å²) < 4.78 is 11.3. The van der Waals surface area contributed by atoms with Gasteiger partial charge in [-0.15, -0.1) is 0 Å². The molecule has 1 atom stereocenters. The average molecular weight is 314 g/mol. The predicted molar refractivity (Wildman–Crippen MR) is 69.8 cm³/mol. The Balaban J connectivity index is 2.76. The van der Waals surface area contributed by atoms with Crippen LogP contribution in [0.5, 0.6) is 5.75 Å². The molecule has 1 unspecified atom stereocenters. The van der Waals surface area contributed by atoms with Crippen molar-refractivity contribution in [3.05, 3.63) is 27.9 Å². The van der Waals surface area contributed by atoms with Gasteiger partial charge in [0.05, 0.1) is 7.11 Å². The van der Waals surface area contributed by atoms with Crippen LogP contribution in [0.2, 0.25) is 0 Å². The Hall–Kier alpha value is -1.53. The van der Waals surface area contributed by atoms with Gasteiger partial charge in [-0.1, -0.05) is 0 Å². The molecule has 0 fully saturated rings. The lowest BCUT2D eigenvalue weighted by molar-refractivity contribution is -0.138. The summed E-state index contributed by atoms with van der Waals surface area (Å²) in [4.78, 5) is 11.0. The van der Waals surface area contributed by atoms with E-state index in [0.29, 0.717) is 27.1 Å². The van der Waals surface area contributed by atoms with Crippen molar-refractivity contribution in [2.75, 3.05) is 7.11 Å². The van der Waals surface area contributed by atoms with E-state index in [0.717, 1.165) is 5.39 Å². The summed E-state index contributed by atoms with van der Waals surface area (Å²) >= 11 is 3.37. The van der Waals surface area contributed by atoms with Crippen molar-refractivity contribution in [1.82, 2.24) is 0 Å². The van der Waals surface area contributed by atoms with E-state index in [4.69, 9.17) is 20.0 Å². The van der Waals surface area contributed by atoms with Gasteiger partial charge in [-0.3, -0.25) is 4.79 Å². The number of hydrogen-bond acceptors (Lipinski definition) is 4. The van der Waals surface area contributed by atoms with E-state index in [1.165, 1.54) is 7.11 Å². The molecule has 2 aromatic rings.